The summed E-state index contributed by atoms with van der Waals surface area (Å²) < 4.78 is 0. The molecule has 0 aliphatic carbocycles. The first kappa shape index (κ1) is 9.33. The molecule has 0 unspecified atom stereocenters. The van der Waals surface area contributed by atoms with Crippen LogP contribution in [0.2, 0.25) is 0 Å². The largest absolute Gasteiger partial charge is 0.324 e. The molecule has 0 aliphatic rings. The normalized spacial score (nSPS) is 9.60. The summed E-state index contributed by atoms with van der Waals surface area (Å²) in [5.74, 6) is 0.318. The summed E-state index contributed by atoms with van der Waals surface area (Å²) in [5, 5.41) is 0. The molecular weight excluding hydrogens is 190 g/mol. The number of aromatic nitrogens is 2. The fourth-order valence-corrected chi connectivity index (χ4v) is 1.19. The van der Waals surface area contributed by atoms with Crippen LogP contribution in [0.1, 0.15) is 0 Å². The van der Waals surface area contributed by atoms with E-state index in [1.807, 2.05) is 18.2 Å². The molecule has 1 heterocycles. The average Bonchev–Trinajstić information content (AvgIpc) is 2.33. The van der Waals surface area contributed by atoms with Crippen molar-refractivity contribution in [3.8, 4) is 0 Å². The summed E-state index contributed by atoms with van der Waals surface area (Å²) in [6, 6.07) is 10.8. The van der Waals surface area contributed by atoms with E-state index in [0.717, 1.165) is 0 Å². The fourth-order valence-electron chi connectivity index (χ4n) is 1.19. The molecule has 2 rings (SSSR count). The van der Waals surface area contributed by atoms with E-state index in [4.69, 9.17) is 0 Å². The van der Waals surface area contributed by atoms with E-state index in [1.54, 1.807) is 37.0 Å². The second-order valence-electron chi connectivity index (χ2n) is 2.81. The first-order valence-electron chi connectivity index (χ1n) is 4.42. The third-order valence-electron chi connectivity index (χ3n) is 1.86. The van der Waals surface area contributed by atoms with Gasteiger partial charge in [-0.25, -0.2) is 14.9 Å². The minimum absolute atomic E-state index is 0.318. The zero-order valence-electron chi connectivity index (χ0n) is 7.87. The molecule has 1 amide bonds. The Hall–Kier alpha value is -2.23. The maximum absolute atomic E-state index is 10.8. The third kappa shape index (κ3) is 1.99. The summed E-state index contributed by atoms with van der Waals surface area (Å²) in [5.41, 5.74) is 0.693. The summed E-state index contributed by atoms with van der Waals surface area (Å²) >= 11 is 0. The second kappa shape index (κ2) is 4.32. The number of hydrogen-bond donors (Lipinski definition) is 0. The van der Waals surface area contributed by atoms with Gasteiger partial charge in [0.2, 0.25) is 5.95 Å². The highest BCUT2D eigenvalue weighted by Gasteiger charge is 2.10. The monoisotopic (exact) mass is 198 g/mol. The van der Waals surface area contributed by atoms with Gasteiger partial charge in [-0.15, -0.1) is 0 Å². The highest BCUT2D eigenvalue weighted by molar-refractivity contribution is 5.83. The maximum atomic E-state index is 10.8. The van der Waals surface area contributed by atoms with Crippen molar-refractivity contribution in [2.45, 2.75) is 0 Å². The van der Waals surface area contributed by atoms with E-state index in [1.165, 1.54) is 4.90 Å². The van der Waals surface area contributed by atoms with E-state index in [2.05, 4.69) is 9.97 Å². The molecule has 15 heavy (non-hydrogen) atoms. The van der Waals surface area contributed by atoms with Crippen LogP contribution in [-0.2, 0) is 4.79 Å². The van der Waals surface area contributed by atoms with E-state index < -0.39 is 0 Å². The molecule has 73 valence electrons. The molecule has 0 spiro atoms. The quantitative estimate of drug-likeness (QED) is 0.705. The molecule has 0 saturated carbocycles. The van der Waals surface area contributed by atoms with Gasteiger partial charge in [0.15, 0.2) is 0 Å². The van der Waals surface area contributed by atoms with Crippen LogP contribution >= 0.6 is 0 Å². The summed E-state index contributed by atoms with van der Waals surface area (Å²) in [7, 11) is 0. The maximum Gasteiger partial charge on any atom is 0.324 e. The lowest BCUT2D eigenvalue weighted by Gasteiger charge is -2.12. The van der Waals surface area contributed by atoms with E-state index in [0.29, 0.717) is 11.6 Å². The Bertz CT molecular complexity index is 391. The van der Waals surface area contributed by atoms with Crippen LogP contribution < -0.4 is 4.90 Å². The van der Waals surface area contributed by atoms with Gasteiger partial charge >= 0.3 is 6.41 Å². The van der Waals surface area contributed by atoms with E-state index in [-0.39, 0.29) is 0 Å². The Morgan fingerprint density at radius 1 is 1.00 bits per heavy atom. The van der Waals surface area contributed by atoms with Gasteiger partial charge in [0, 0.05) is 12.4 Å². The lowest BCUT2D eigenvalue weighted by molar-refractivity contribution is 0.555. The molecule has 0 bridgehead atoms. The van der Waals surface area contributed by atoms with Crippen molar-refractivity contribution in [2.75, 3.05) is 4.90 Å². The zero-order valence-corrected chi connectivity index (χ0v) is 7.87. The van der Waals surface area contributed by atoms with E-state index >= 15 is 0 Å². The van der Waals surface area contributed by atoms with Crippen LogP contribution in [0.15, 0.2) is 48.8 Å². The van der Waals surface area contributed by atoms with Crippen molar-refractivity contribution in [1.29, 1.82) is 0 Å². The lowest BCUT2D eigenvalue weighted by Crippen LogP contribution is -2.16. The standard InChI is InChI=1S/C11H8N3O/c15-9-14(10-5-2-1-3-6-10)11-12-7-4-8-13-11/h1-8H. The number of benzene rings is 1. The molecule has 0 fully saturated rings. The van der Waals surface area contributed by atoms with Crippen molar-refractivity contribution in [1.82, 2.24) is 9.97 Å². The topological polar surface area (TPSA) is 46.1 Å². The van der Waals surface area contributed by atoms with Crippen molar-refractivity contribution >= 4 is 18.0 Å². The van der Waals surface area contributed by atoms with E-state index in [9.17, 15) is 4.79 Å². The van der Waals surface area contributed by atoms with Crippen LogP contribution in [0.5, 0.6) is 0 Å². The number of carbonyl (C=O) groups excluding carboxylic acids is 1. The third-order valence-corrected chi connectivity index (χ3v) is 1.86. The van der Waals surface area contributed by atoms with Gasteiger partial charge in [-0.3, -0.25) is 4.79 Å². The average molecular weight is 198 g/mol. The first-order valence-corrected chi connectivity index (χ1v) is 4.42. The Morgan fingerprint density at radius 3 is 2.27 bits per heavy atom. The highest BCUT2D eigenvalue weighted by Crippen LogP contribution is 2.18. The number of rotatable bonds is 3. The Labute approximate surface area is 87.2 Å². The van der Waals surface area contributed by atoms with Crippen LogP contribution in [0, 0.1) is 0 Å². The first-order chi connectivity index (χ1) is 7.42. The van der Waals surface area contributed by atoms with Gasteiger partial charge in [-0.1, -0.05) is 18.2 Å². The molecule has 1 aromatic carbocycles. The van der Waals surface area contributed by atoms with Crippen molar-refractivity contribution in [2.24, 2.45) is 0 Å². The number of amides is 1. The van der Waals surface area contributed by atoms with Gasteiger partial charge in [-0.05, 0) is 18.2 Å². The molecule has 0 aliphatic heterocycles. The molecule has 4 heteroatoms. The van der Waals surface area contributed by atoms with Gasteiger partial charge in [0.05, 0.1) is 5.69 Å². The van der Waals surface area contributed by atoms with Gasteiger partial charge in [-0.2, -0.15) is 0 Å². The Kier molecular flexibility index (Phi) is 2.69. The Morgan fingerprint density at radius 2 is 1.67 bits per heavy atom. The number of para-hydroxylation sites is 1. The molecule has 1 radical (unpaired) electrons. The molecule has 0 atom stereocenters. The molecule has 0 saturated heterocycles. The number of hydrogen-bond acceptors (Lipinski definition) is 3. The van der Waals surface area contributed by atoms with Gasteiger partial charge in [0.25, 0.3) is 0 Å². The minimum Gasteiger partial charge on any atom is -0.262 e. The SMILES string of the molecule is O=[C]N(c1ccccc1)c1ncccn1. The minimum atomic E-state index is 0.318. The molecule has 4 nitrogen and oxygen atoms in total. The smallest absolute Gasteiger partial charge is 0.262 e. The Balaban J connectivity index is 2.38. The molecule has 2 aromatic rings. The summed E-state index contributed by atoms with van der Waals surface area (Å²) in [4.78, 5) is 20.0. The lowest BCUT2D eigenvalue weighted by atomic mass is 10.3. The van der Waals surface area contributed by atoms with Gasteiger partial charge < -0.3 is 0 Å². The molecular formula is C11H8N3O. The predicted molar refractivity (Wildman–Crippen MR) is 56.3 cm³/mol. The van der Waals surface area contributed by atoms with Crippen molar-refractivity contribution < 1.29 is 4.79 Å². The van der Waals surface area contributed by atoms with Crippen molar-refractivity contribution in [3.05, 3.63) is 48.8 Å². The molecule has 0 N–H and O–H groups in total. The highest BCUT2D eigenvalue weighted by atomic mass is 16.1. The second-order valence-corrected chi connectivity index (χ2v) is 2.81. The van der Waals surface area contributed by atoms with Crippen LogP contribution in [0.25, 0.3) is 0 Å². The predicted octanol–water partition coefficient (Wildman–Crippen LogP) is 1.68. The zero-order chi connectivity index (χ0) is 10.5. The number of anilines is 2. The van der Waals surface area contributed by atoms with Gasteiger partial charge in [0.1, 0.15) is 0 Å². The fraction of sp³-hybridized carbons (Fsp3) is 0. The molecule has 1 aromatic heterocycles. The summed E-state index contributed by atoms with van der Waals surface area (Å²) in [6.07, 6.45) is 4.95. The van der Waals surface area contributed by atoms with Crippen molar-refractivity contribution in [3.63, 3.8) is 0 Å². The van der Waals surface area contributed by atoms with Crippen LogP contribution in [-0.4, -0.2) is 16.4 Å². The van der Waals surface area contributed by atoms with Crippen LogP contribution in [0.3, 0.4) is 0 Å². The summed E-state index contributed by atoms with van der Waals surface area (Å²) in [6.45, 7) is 0. The van der Waals surface area contributed by atoms with Crippen LogP contribution in [0.4, 0.5) is 11.6 Å². The number of nitrogens with zero attached hydrogens (tertiary/aromatic N) is 3.